The lowest BCUT2D eigenvalue weighted by molar-refractivity contribution is 0.372. The van der Waals surface area contributed by atoms with Crippen LogP contribution >= 0.6 is 0 Å². The molecular formula is C24H22N4O. The van der Waals surface area contributed by atoms with Crippen LogP contribution in [-0.2, 0) is 13.0 Å². The maximum atomic E-state index is 5.80. The Hall–Kier alpha value is -3.47. The Morgan fingerprint density at radius 1 is 0.862 bits per heavy atom. The maximum Gasteiger partial charge on any atom is 0.151 e. The molecule has 2 aromatic heterocycles. The van der Waals surface area contributed by atoms with Crippen LogP contribution in [0.5, 0.6) is 0 Å². The van der Waals surface area contributed by atoms with Crippen LogP contribution in [0.1, 0.15) is 39.8 Å². The normalized spacial score (nSPS) is 13.5. The highest BCUT2D eigenvalue weighted by Crippen LogP contribution is 2.36. The number of fused-ring (bicyclic) bond motifs is 1. The molecule has 0 radical (unpaired) electrons. The number of rotatable bonds is 4. The van der Waals surface area contributed by atoms with Crippen LogP contribution in [-0.4, -0.2) is 21.9 Å². The molecule has 0 saturated heterocycles. The van der Waals surface area contributed by atoms with Crippen molar-refractivity contribution >= 4 is 5.82 Å². The van der Waals surface area contributed by atoms with Crippen molar-refractivity contribution in [3.05, 3.63) is 107 Å². The van der Waals surface area contributed by atoms with E-state index in [0.29, 0.717) is 0 Å². The molecule has 5 heteroatoms. The Balaban J connectivity index is 1.56. The smallest absolute Gasteiger partial charge is 0.151 e. The zero-order valence-corrected chi connectivity index (χ0v) is 16.3. The molecule has 3 heterocycles. The predicted molar refractivity (Wildman–Crippen MR) is 112 cm³/mol. The summed E-state index contributed by atoms with van der Waals surface area (Å²) < 4.78 is 5.80. The molecule has 1 aliphatic rings. The Morgan fingerprint density at radius 3 is 2.17 bits per heavy atom. The molecule has 144 valence electrons. The molecule has 2 aromatic carbocycles. The summed E-state index contributed by atoms with van der Waals surface area (Å²) in [6.45, 7) is 3.52. The standard InChI is InChI=1S/C24H22N4O/c1-17-12-13-22(26-25-17)28-15-14-21-20(16-28)24(27-29-21)23(18-8-4-2-5-9-18)19-10-6-3-7-11-19/h2-13,23H,14-16H2,1H3. The van der Waals surface area contributed by atoms with Crippen LogP contribution in [0.15, 0.2) is 77.3 Å². The summed E-state index contributed by atoms with van der Waals surface area (Å²) in [6.07, 6.45) is 0.814. The molecule has 5 nitrogen and oxygen atoms in total. The van der Waals surface area contributed by atoms with Gasteiger partial charge >= 0.3 is 0 Å². The lowest BCUT2D eigenvalue weighted by Gasteiger charge is -2.28. The molecule has 0 saturated carbocycles. The highest BCUT2D eigenvalue weighted by atomic mass is 16.5. The van der Waals surface area contributed by atoms with E-state index in [1.54, 1.807) is 0 Å². The van der Waals surface area contributed by atoms with Gasteiger partial charge < -0.3 is 9.42 Å². The zero-order valence-electron chi connectivity index (χ0n) is 16.3. The summed E-state index contributed by atoms with van der Waals surface area (Å²) in [5.41, 5.74) is 5.49. The van der Waals surface area contributed by atoms with Gasteiger partial charge in [-0.25, -0.2) is 0 Å². The molecule has 29 heavy (non-hydrogen) atoms. The molecule has 0 amide bonds. The summed E-state index contributed by atoms with van der Waals surface area (Å²) in [5.74, 6) is 1.91. The van der Waals surface area contributed by atoms with Gasteiger partial charge in [-0.15, -0.1) is 5.10 Å². The van der Waals surface area contributed by atoms with Crippen molar-refractivity contribution in [3.8, 4) is 0 Å². The Bertz CT molecular complexity index is 1050. The van der Waals surface area contributed by atoms with Gasteiger partial charge in [0.15, 0.2) is 5.82 Å². The number of hydrogen-bond donors (Lipinski definition) is 0. The number of aryl methyl sites for hydroxylation is 1. The van der Waals surface area contributed by atoms with Gasteiger partial charge in [-0.1, -0.05) is 65.8 Å². The Kier molecular flexibility index (Phi) is 4.56. The van der Waals surface area contributed by atoms with E-state index in [-0.39, 0.29) is 5.92 Å². The topological polar surface area (TPSA) is 55.1 Å². The SMILES string of the molecule is Cc1ccc(N2CCc3onc(C(c4ccccc4)c4ccccc4)c3C2)nn1. The van der Waals surface area contributed by atoms with Crippen LogP contribution in [0.2, 0.25) is 0 Å². The first-order valence-electron chi connectivity index (χ1n) is 9.92. The van der Waals surface area contributed by atoms with E-state index < -0.39 is 0 Å². The second-order valence-corrected chi connectivity index (χ2v) is 7.43. The molecule has 0 spiro atoms. The van der Waals surface area contributed by atoms with Crippen LogP contribution < -0.4 is 4.90 Å². The summed E-state index contributed by atoms with van der Waals surface area (Å²) in [7, 11) is 0. The molecule has 0 aliphatic carbocycles. The average Bonchev–Trinajstić information content (AvgIpc) is 3.19. The third-order valence-electron chi connectivity index (χ3n) is 5.50. The second-order valence-electron chi connectivity index (χ2n) is 7.43. The number of hydrogen-bond acceptors (Lipinski definition) is 5. The van der Waals surface area contributed by atoms with Gasteiger partial charge in [-0.05, 0) is 30.2 Å². The third-order valence-corrected chi connectivity index (χ3v) is 5.50. The summed E-state index contributed by atoms with van der Waals surface area (Å²) >= 11 is 0. The molecule has 0 fully saturated rings. The minimum atomic E-state index is 0.0361. The van der Waals surface area contributed by atoms with E-state index in [1.807, 2.05) is 31.2 Å². The van der Waals surface area contributed by atoms with Crippen molar-refractivity contribution in [2.45, 2.75) is 25.8 Å². The molecular weight excluding hydrogens is 360 g/mol. The number of aromatic nitrogens is 3. The minimum absolute atomic E-state index is 0.0361. The van der Waals surface area contributed by atoms with Crippen LogP contribution in [0.25, 0.3) is 0 Å². The van der Waals surface area contributed by atoms with Gasteiger partial charge in [-0.3, -0.25) is 0 Å². The Labute approximate surface area is 170 Å². The van der Waals surface area contributed by atoms with Gasteiger partial charge in [0.1, 0.15) is 11.5 Å². The quantitative estimate of drug-likeness (QED) is 0.520. The monoisotopic (exact) mass is 382 g/mol. The fraction of sp³-hybridized carbons (Fsp3) is 0.208. The van der Waals surface area contributed by atoms with Crippen molar-refractivity contribution in [3.63, 3.8) is 0 Å². The number of nitrogens with zero attached hydrogens (tertiary/aromatic N) is 4. The largest absolute Gasteiger partial charge is 0.361 e. The minimum Gasteiger partial charge on any atom is -0.361 e. The highest BCUT2D eigenvalue weighted by molar-refractivity contribution is 5.48. The second kappa shape index (κ2) is 7.51. The van der Waals surface area contributed by atoms with E-state index in [0.717, 1.165) is 48.0 Å². The van der Waals surface area contributed by atoms with E-state index in [4.69, 9.17) is 4.52 Å². The Morgan fingerprint density at radius 2 is 1.55 bits per heavy atom. The lowest BCUT2D eigenvalue weighted by Crippen LogP contribution is -2.31. The van der Waals surface area contributed by atoms with E-state index in [2.05, 4.69) is 68.8 Å². The van der Waals surface area contributed by atoms with E-state index in [1.165, 1.54) is 11.1 Å². The van der Waals surface area contributed by atoms with Crippen molar-refractivity contribution in [2.75, 3.05) is 11.4 Å². The molecule has 0 atom stereocenters. The first kappa shape index (κ1) is 17.6. The molecule has 4 aromatic rings. The molecule has 1 aliphatic heterocycles. The first-order chi connectivity index (χ1) is 14.3. The average molecular weight is 382 g/mol. The van der Waals surface area contributed by atoms with Gasteiger partial charge in [0.05, 0.1) is 11.6 Å². The molecule has 5 rings (SSSR count). The summed E-state index contributed by atoms with van der Waals surface area (Å²) in [6, 6.07) is 25.1. The maximum absolute atomic E-state index is 5.80. The highest BCUT2D eigenvalue weighted by Gasteiger charge is 2.30. The van der Waals surface area contributed by atoms with Crippen LogP contribution in [0.4, 0.5) is 5.82 Å². The van der Waals surface area contributed by atoms with Gasteiger partial charge in [0, 0.05) is 25.1 Å². The van der Waals surface area contributed by atoms with E-state index in [9.17, 15) is 0 Å². The van der Waals surface area contributed by atoms with Crippen LogP contribution in [0.3, 0.4) is 0 Å². The third kappa shape index (κ3) is 3.40. The van der Waals surface area contributed by atoms with Crippen molar-refractivity contribution in [1.29, 1.82) is 0 Å². The first-order valence-corrected chi connectivity index (χ1v) is 9.92. The van der Waals surface area contributed by atoms with Gasteiger partial charge in [-0.2, -0.15) is 5.10 Å². The van der Waals surface area contributed by atoms with E-state index >= 15 is 0 Å². The zero-order chi connectivity index (χ0) is 19.6. The number of benzene rings is 2. The van der Waals surface area contributed by atoms with Crippen molar-refractivity contribution in [2.24, 2.45) is 0 Å². The summed E-state index contributed by atoms with van der Waals surface area (Å²) in [4.78, 5) is 2.25. The lowest BCUT2D eigenvalue weighted by atomic mass is 9.85. The van der Waals surface area contributed by atoms with Gasteiger partial charge in [0.2, 0.25) is 0 Å². The molecule has 0 unspecified atom stereocenters. The predicted octanol–water partition coefficient (Wildman–Crippen LogP) is 4.52. The van der Waals surface area contributed by atoms with Crippen LogP contribution in [0, 0.1) is 6.92 Å². The fourth-order valence-corrected chi connectivity index (χ4v) is 4.01. The van der Waals surface area contributed by atoms with Crippen molar-refractivity contribution in [1.82, 2.24) is 15.4 Å². The number of anilines is 1. The van der Waals surface area contributed by atoms with Crippen molar-refractivity contribution < 1.29 is 4.52 Å². The molecule has 0 bridgehead atoms. The molecule has 0 N–H and O–H groups in total. The fourth-order valence-electron chi connectivity index (χ4n) is 4.01. The summed E-state index contributed by atoms with van der Waals surface area (Å²) in [5, 5.41) is 13.2. The van der Waals surface area contributed by atoms with Gasteiger partial charge in [0.25, 0.3) is 0 Å².